The summed E-state index contributed by atoms with van der Waals surface area (Å²) in [6.07, 6.45) is 2.37. The lowest BCUT2D eigenvalue weighted by atomic mass is 9.93. The molecule has 0 bridgehead atoms. The molecule has 1 heterocycles. The molecule has 2 aromatic rings. The van der Waals surface area contributed by atoms with Gasteiger partial charge in [-0.3, -0.25) is 4.79 Å². The van der Waals surface area contributed by atoms with E-state index in [1.165, 1.54) is 18.2 Å². The number of hydrogen-bond donors (Lipinski definition) is 3. The highest BCUT2D eigenvalue weighted by atomic mass is 16.5. The average Bonchev–Trinajstić information content (AvgIpc) is 2.76. The number of esters is 1. The summed E-state index contributed by atoms with van der Waals surface area (Å²) in [6, 6.07) is 12.5. The summed E-state index contributed by atoms with van der Waals surface area (Å²) in [4.78, 5) is 25.2. The fraction of sp³-hybridized carbons (Fsp3) is 0.280. The summed E-state index contributed by atoms with van der Waals surface area (Å²) in [5, 5.41) is 30.8. The topological polar surface area (TPSA) is 104 Å². The maximum absolute atomic E-state index is 13.0. The minimum atomic E-state index is -1.56. The highest BCUT2D eigenvalue weighted by Crippen LogP contribution is 2.34. The van der Waals surface area contributed by atoms with Crippen LogP contribution in [-0.4, -0.2) is 45.4 Å². The van der Waals surface area contributed by atoms with Gasteiger partial charge in [0.15, 0.2) is 5.78 Å². The molecule has 6 nitrogen and oxygen atoms in total. The number of ether oxygens (including phenoxy) is 1. The van der Waals surface area contributed by atoms with Crippen molar-refractivity contribution in [2.75, 3.05) is 0 Å². The van der Waals surface area contributed by atoms with Crippen LogP contribution in [0.25, 0.3) is 17.2 Å². The Labute approximate surface area is 181 Å². The van der Waals surface area contributed by atoms with E-state index in [1.54, 1.807) is 32.1 Å². The van der Waals surface area contributed by atoms with Gasteiger partial charge in [0.1, 0.15) is 23.5 Å². The van der Waals surface area contributed by atoms with E-state index in [1.807, 2.05) is 30.3 Å². The van der Waals surface area contributed by atoms with Crippen LogP contribution in [0, 0.1) is 5.92 Å². The van der Waals surface area contributed by atoms with E-state index < -0.39 is 30.1 Å². The molecule has 0 saturated carbocycles. The average molecular weight is 422 g/mol. The van der Waals surface area contributed by atoms with Gasteiger partial charge in [-0.05, 0) is 36.6 Å². The van der Waals surface area contributed by atoms with Crippen LogP contribution in [0.4, 0.5) is 0 Å². The summed E-state index contributed by atoms with van der Waals surface area (Å²) >= 11 is 0. The molecule has 2 aromatic carbocycles. The van der Waals surface area contributed by atoms with E-state index in [2.05, 4.69) is 0 Å². The van der Waals surface area contributed by atoms with E-state index in [9.17, 15) is 24.9 Å². The van der Waals surface area contributed by atoms with E-state index in [4.69, 9.17) is 4.74 Å². The van der Waals surface area contributed by atoms with Crippen molar-refractivity contribution in [2.45, 2.75) is 38.6 Å². The number of carbonyl (C=O) groups is 2. The Kier molecular flexibility index (Phi) is 7.05. The lowest BCUT2D eigenvalue weighted by Crippen LogP contribution is -2.32. The van der Waals surface area contributed by atoms with Gasteiger partial charge in [-0.15, -0.1) is 0 Å². The first-order chi connectivity index (χ1) is 14.8. The lowest BCUT2D eigenvalue weighted by molar-refractivity contribution is -0.127. The molecular weight excluding hydrogens is 396 g/mol. The Morgan fingerprint density at radius 3 is 2.39 bits per heavy atom. The Bertz CT molecular complexity index is 1010. The minimum Gasteiger partial charge on any atom is -0.507 e. The Hall–Kier alpha value is -3.22. The predicted octanol–water partition coefficient (Wildman–Crippen LogP) is 3.50. The van der Waals surface area contributed by atoms with Crippen molar-refractivity contribution in [3.05, 3.63) is 71.8 Å². The van der Waals surface area contributed by atoms with Crippen molar-refractivity contribution < 1.29 is 29.6 Å². The van der Waals surface area contributed by atoms with Crippen molar-refractivity contribution in [1.82, 2.24) is 0 Å². The molecule has 0 saturated heterocycles. The fourth-order valence-corrected chi connectivity index (χ4v) is 3.35. The molecule has 1 aliphatic heterocycles. The van der Waals surface area contributed by atoms with E-state index >= 15 is 0 Å². The molecule has 162 valence electrons. The first-order valence-corrected chi connectivity index (χ1v) is 10.2. The molecule has 0 spiro atoms. The van der Waals surface area contributed by atoms with Crippen LogP contribution < -0.4 is 0 Å². The third-order valence-electron chi connectivity index (χ3n) is 5.43. The number of ketones is 1. The largest absolute Gasteiger partial charge is 0.507 e. The Morgan fingerprint density at radius 1 is 0.968 bits per heavy atom. The molecule has 0 amide bonds. The van der Waals surface area contributed by atoms with Gasteiger partial charge in [-0.25, -0.2) is 4.79 Å². The number of cyclic esters (lactones) is 1. The maximum atomic E-state index is 13.0. The third-order valence-corrected chi connectivity index (χ3v) is 5.43. The van der Waals surface area contributed by atoms with Crippen LogP contribution in [-0.2, 0) is 9.53 Å². The van der Waals surface area contributed by atoms with Gasteiger partial charge in [-0.1, -0.05) is 61.5 Å². The Balaban J connectivity index is 2.14. The van der Waals surface area contributed by atoms with Crippen molar-refractivity contribution in [2.24, 2.45) is 5.92 Å². The maximum Gasteiger partial charge on any atom is 0.342 e. The number of benzene rings is 2. The standard InChI is InChI=1S/C25H26O6/c1-15-11-13-22(28)24(29)21(27)10-6-9-19-18(17-7-4-3-5-8-17)12-14-20(26)23(19)25(30)31-16(15)2/h3-9,11-16,21,24,26-27,29H,10H2,1-2H3/b9-6+,13-11-/t15-,16+,21+,24+/m1/s1. The smallest absolute Gasteiger partial charge is 0.342 e. The van der Waals surface area contributed by atoms with E-state index in [0.717, 1.165) is 5.56 Å². The van der Waals surface area contributed by atoms with Gasteiger partial charge in [0.25, 0.3) is 0 Å². The molecule has 0 unspecified atom stereocenters. The van der Waals surface area contributed by atoms with Gasteiger partial charge in [0.05, 0.1) is 6.10 Å². The van der Waals surface area contributed by atoms with Crippen LogP contribution >= 0.6 is 0 Å². The molecule has 3 N–H and O–H groups in total. The zero-order chi connectivity index (χ0) is 22.5. The van der Waals surface area contributed by atoms with Gasteiger partial charge in [0, 0.05) is 11.5 Å². The van der Waals surface area contributed by atoms with E-state index in [0.29, 0.717) is 11.1 Å². The molecule has 0 fully saturated rings. The second-order valence-corrected chi connectivity index (χ2v) is 7.67. The second kappa shape index (κ2) is 9.73. The number of aliphatic hydroxyl groups excluding tert-OH is 2. The van der Waals surface area contributed by atoms with Gasteiger partial charge in [0.2, 0.25) is 0 Å². The summed E-state index contributed by atoms with van der Waals surface area (Å²) in [6.45, 7) is 3.44. The number of hydrogen-bond acceptors (Lipinski definition) is 6. The highest BCUT2D eigenvalue weighted by Gasteiger charge is 2.26. The quantitative estimate of drug-likeness (QED) is 0.608. The number of aliphatic hydroxyl groups is 2. The summed E-state index contributed by atoms with van der Waals surface area (Å²) in [5.74, 6) is -1.86. The zero-order valence-corrected chi connectivity index (χ0v) is 17.4. The van der Waals surface area contributed by atoms with E-state index in [-0.39, 0.29) is 23.7 Å². The number of fused-ring (bicyclic) bond motifs is 1. The first kappa shape index (κ1) is 22.5. The SMILES string of the molecule is C[C@@H]1/C=C\C(=O)[C@@H](O)[C@@H](O)C/C=C/c2c(-c3ccccc3)ccc(O)c2C(=O)O[C@H]1C. The molecule has 0 aromatic heterocycles. The zero-order valence-electron chi connectivity index (χ0n) is 17.4. The number of phenolic OH excluding ortho intramolecular Hbond substituents is 1. The highest BCUT2D eigenvalue weighted by molar-refractivity contribution is 6.00. The van der Waals surface area contributed by atoms with Crippen molar-refractivity contribution in [3.8, 4) is 16.9 Å². The van der Waals surface area contributed by atoms with Crippen molar-refractivity contribution in [3.63, 3.8) is 0 Å². The number of rotatable bonds is 1. The Morgan fingerprint density at radius 2 is 1.68 bits per heavy atom. The molecule has 6 heteroatoms. The first-order valence-electron chi connectivity index (χ1n) is 10.2. The van der Waals surface area contributed by atoms with Crippen molar-refractivity contribution >= 4 is 17.8 Å². The summed E-state index contributed by atoms with van der Waals surface area (Å²) < 4.78 is 5.58. The fourth-order valence-electron chi connectivity index (χ4n) is 3.35. The van der Waals surface area contributed by atoms with Crippen LogP contribution in [0.3, 0.4) is 0 Å². The predicted molar refractivity (Wildman–Crippen MR) is 117 cm³/mol. The molecular formula is C25H26O6. The number of phenols is 1. The normalized spacial score (nSPS) is 27.0. The minimum absolute atomic E-state index is 0.0174. The van der Waals surface area contributed by atoms with Crippen LogP contribution in [0.15, 0.2) is 60.7 Å². The number of aromatic hydroxyl groups is 1. The van der Waals surface area contributed by atoms with Crippen LogP contribution in [0.5, 0.6) is 5.75 Å². The summed E-state index contributed by atoms with van der Waals surface area (Å²) in [7, 11) is 0. The number of carbonyl (C=O) groups excluding carboxylic acids is 2. The summed E-state index contributed by atoms with van der Waals surface area (Å²) in [5.41, 5.74) is 1.97. The molecule has 3 rings (SSSR count). The third kappa shape index (κ3) is 5.10. The van der Waals surface area contributed by atoms with Crippen LogP contribution in [0.1, 0.15) is 36.2 Å². The van der Waals surface area contributed by atoms with Crippen LogP contribution in [0.2, 0.25) is 0 Å². The molecule has 0 aliphatic carbocycles. The lowest BCUT2D eigenvalue weighted by Gasteiger charge is -2.21. The van der Waals surface area contributed by atoms with Gasteiger partial charge >= 0.3 is 5.97 Å². The second-order valence-electron chi connectivity index (χ2n) is 7.67. The van der Waals surface area contributed by atoms with Gasteiger partial charge in [-0.2, -0.15) is 0 Å². The monoisotopic (exact) mass is 422 g/mol. The van der Waals surface area contributed by atoms with Gasteiger partial charge < -0.3 is 20.1 Å². The molecule has 1 aliphatic rings. The molecule has 4 atom stereocenters. The molecule has 0 radical (unpaired) electrons. The molecule has 31 heavy (non-hydrogen) atoms. The van der Waals surface area contributed by atoms with Crippen molar-refractivity contribution in [1.29, 1.82) is 0 Å².